The Morgan fingerprint density at radius 1 is 1.13 bits per heavy atom. The van der Waals surface area contributed by atoms with Gasteiger partial charge in [0.05, 0.1) is 0 Å². The summed E-state index contributed by atoms with van der Waals surface area (Å²) >= 11 is 2.60. The Morgan fingerprint density at radius 2 is 1.93 bits per heavy atom. The molecule has 6 nitrogen and oxygen atoms in total. The Morgan fingerprint density at radius 3 is 2.60 bits per heavy atom. The Balaban J connectivity index is 1.76. The number of hydrogen-bond donors (Lipinski definition) is 1. The van der Waals surface area contributed by atoms with Gasteiger partial charge in [0.2, 0.25) is 5.91 Å². The molecule has 3 aromatic rings. The smallest absolute Gasteiger partial charge is 0.280 e. The van der Waals surface area contributed by atoms with E-state index in [-0.39, 0.29) is 23.6 Å². The highest BCUT2D eigenvalue weighted by Gasteiger charge is 2.36. The van der Waals surface area contributed by atoms with Gasteiger partial charge in [0.1, 0.15) is 0 Å². The molecule has 1 aliphatic carbocycles. The van der Waals surface area contributed by atoms with Crippen molar-refractivity contribution in [3.8, 4) is 0 Å². The van der Waals surface area contributed by atoms with Crippen molar-refractivity contribution in [1.82, 2.24) is 14.9 Å². The van der Waals surface area contributed by atoms with Gasteiger partial charge < -0.3 is 5.32 Å². The van der Waals surface area contributed by atoms with Gasteiger partial charge in [-0.3, -0.25) is 14.5 Å². The number of aromatic nitrogens is 2. The normalized spacial score (nSPS) is 15.5. The van der Waals surface area contributed by atoms with Crippen LogP contribution in [0.5, 0.6) is 0 Å². The number of carbonyl (C=O) groups excluding carboxylic acids is 2. The van der Waals surface area contributed by atoms with E-state index in [4.69, 9.17) is 0 Å². The van der Waals surface area contributed by atoms with Crippen molar-refractivity contribution >= 4 is 40.4 Å². The zero-order chi connectivity index (χ0) is 20.9. The lowest BCUT2D eigenvalue weighted by molar-refractivity contribution is -0.123. The van der Waals surface area contributed by atoms with E-state index in [0.717, 1.165) is 47.7 Å². The molecule has 0 aliphatic heterocycles. The molecule has 30 heavy (non-hydrogen) atoms. The van der Waals surface area contributed by atoms with Gasteiger partial charge in [0.15, 0.2) is 11.7 Å². The highest BCUT2D eigenvalue weighted by molar-refractivity contribution is 7.10. The minimum absolute atomic E-state index is 0.149. The second-order valence-corrected chi connectivity index (χ2v) is 9.10. The van der Waals surface area contributed by atoms with Crippen LogP contribution in [0, 0.1) is 6.92 Å². The summed E-state index contributed by atoms with van der Waals surface area (Å²) in [7, 11) is 0. The zero-order valence-corrected chi connectivity index (χ0v) is 18.4. The van der Waals surface area contributed by atoms with Crippen LogP contribution in [0.25, 0.3) is 0 Å². The number of rotatable bonds is 6. The van der Waals surface area contributed by atoms with Crippen LogP contribution >= 0.6 is 22.9 Å². The summed E-state index contributed by atoms with van der Waals surface area (Å²) in [4.78, 5) is 29.5. The molecule has 156 valence electrons. The van der Waals surface area contributed by atoms with E-state index >= 15 is 0 Å². The first-order valence-electron chi connectivity index (χ1n) is 10.1. The lowest BCUT2D eigenvalue weighted by Crippen LogP contribution is -2.47. The predicted molar refractivity (Wildman–Crippen MR) is 120 cm³/mol. The summed E-state index contributed by atoms with van der Waals surface area (Å²) in [5.74, 6) is -0.473. The first-order valence-corrected chi connectivity index (χ1v) is 11.9. The number of amides is 2. The molecule has 2 amide bonds. The van der Waals surface area contributed by atoms with E-state index in [1.165, 1.54) is 17.8 Å². The van der Waals surface area contributed by atoms with Crippen molar-refractivity contribution < 1.29 is 9.59 Å². The van der Waals surface area contributed by atoms with Gasteiger partial charge in [0.25, 0.3) is 5.91 Å². The summed E-state index contributed by atoms with van der Waals surface area (Å²) in [5, 5.41) is 10.8. The molecule has 4 rings (SSSR count). The molecule has 1 saturated carbocycles. The standard InChI is InChI=1S/C22H24N4O2S2/c1-15-8-5-6-11-18(15)26(22(28)17-14-30-25-24-17)20(19-12-7-13-29-19)21(27)23-16-9-3-2-4-10-16/h5-8,11-14,16,20H,2-4,9-10H2,1H3,(H,23,27)/t20-/m0/s1. The van der Waals surface area contributed by atoms with Crippen molar-refractivity contribution in [2.45, 2.75) is 51.1 Å². The van der Waals surface area contributed by atoms with Gasteiger partial charge in [-0.1, -0.05) is 48.0 Å². The Labute approximate surface area is 184 Å². The van der Waals surface area contributed by atoms with Crippen LogP contribution in [0.2, 0.25) is 0 Å². The maximum absolute atomic E-state index is 13.6. The van der Waals surface area contributed by atoms with Crippen LogP contribution in [-0.4, -0.2) is 27.4 Å². The third-order valence-electron chi connectivity index (χ3n) is 5.44. The van der Waals surface area contributed by atoms with Crippen LogP contribution in [0.3, 0.4) is 0 Å². The summed E-state index contributed by atoms with van der Waals surface area (Å²) in [6, 6.07) is 10.8. The summed E-state index contributed by atoms with van der Waals surface area (Å²) < 4.78 is 3.85. The summed E-state index contributed by atoms with van der Waals surface area (Å²) in [6.45, 7) is 1.94. The molecule has 1 atom stereocenters. The molecule has 8 heteroatoms. The number of para-hydroxylation sites is 1. The van der Waals surface area contributed by atoms with Crippen molar-refractivity contribution in [3.05, 3.63) is 63.3 Å². The largest absolute Gasteiger partial charge is 0.351 e. The van der Waals surface area contributed by atoms with Crippen LogP contribution < -0.4 is 10.2 Å². The van der Waals surface area contributed by atoms with E-state index in [1.807, 2.05) is 48.7 Å². The molecule has 2 aromatic heterocycles. The summed E-state index contributed by atoms with van der Waals surface area (Å²) in [6.07, 6.45) is 5.43. The van der Waals surface area contributed by atoms with Crippen LogP contribution in [0.4, 0.5) is 5.69 Å². The molecule has 1 aliphatic rings. The molecule has 1 aromatic carbocycles. The second kappa shape index (κ2) is 9.49. The summed E-state index contributed by atoms with van der Waals surface area (Å²) in [5.41, 5.74) is 1.86. The fraction of sp³-hybridized carbons (Fsp3) is 0.364. The first kappa shape index (κ1) is 20.7. The third kappa shape index (κ3) is 4.44. The van der Waals surface area contributed by atoms with Crippen molar-refractivity contribution in [2.75, 3.05) is 4.90 Å². The number of nitrogens with one attached hydrogen (secondary N) is 1. The minimum Gasteiger partial charge on any atom is -0.351 e. The maximum Gasteiger partial charge on any atom is 0.280 e. The van der Waals surface area contributed by atoms with Gasteiger partial charge in [-0.05, 0) is 54.4 Å². The Kier molecular flexibility index (Phi) is 6.54. The van der Waals surface area contributed by atoms with Crippen molar-refractivity contribution in [2.24, 2.45) is 0 Å². The predicted octanol–water partition coefficient (Wildman–Crippen LogP) is 4.75. The number of hydrogen-bond acceptors (Lipinski definition) is 6. The van der Waals surface area contributed by atoms with Crippen molar-refractivity contribution in [3.63, 3.8) is 0 Å². The van der Waals surface area contributed by atoms with E-state index in [0.29, 0.717) is 5.69 Å². The molecule has 0 unspecified atom stereocenters. The number of nitrogens with zero attached hydrogens (tertiary/aromatic N) is 3. The fourth-order valence-electron chi connectivity index (χ4n) is 3.93. The molecule has 0 saturated heterocycles. The Bertz CT molecular complexity index is 983. The number of carbonyl (C=O) groups is 2. The van der Waals surface area contributed by atoms with Crippen LogP contribution in [0.15, 0.2) is 47.2 Å². The Hall–Kier alpha value is -2.58. The van der Waals surface area contributed by atoms with Gasteiger partial charge in [-0.2, -0.15) is 0 Å². The topological polar surface area (TPSA) is 75.2 Å². The lowest BCUT2D eigenvalue weighted by Gasteiger charge is -2.33. The number of thiophene rings is 1. The van der Waals surface area contributed by atoms with Gasteiger partial charge >= 0.3 is 0 Å². The van der Waals surface area contributed by atoms with Crippen LogP contribution in [-0.2, 0) is 4.79 Å². The molecule has 0 radical (unpaired) electrons. The zero-order valence-electron chi connectivity index (χ0n) is 16.8. The molecule has 1 N–H and O–H groups in total. The number of aryl methyl sites for hydroxylation is 1. The number of benzene rings is 1. The van der Waals surface area contributed by atoms with Gasteiger partial charge in [-0.15, -0.1) is 16.4 Å². The van der Waals surface area contributed by atoms with Crippen LogP contribution in [0.1, 0.15) is 59.1 Å². The average molecular weight is 441 g/mol. The minimum atomic E-state index is -0.762. The fourth-order valence-corrected chi connectivity index (χ4v) is 5.17. The molecule has 2 heterocycles. The van der Waals surface area contributed by atoms with E-state index in [1.54, 1.807) is 10.3 Å². The molecular formula is C22H24N4O2S2. The third-order valence-corrected chi connectivity index (χ3v) is 6.87. The van der Waals surface area contributed by atoms with E-state index in [2.05, 4.69) is 14.9 Å². The molecule has 0 spiro atoms. The monoisotopic (exact) mass is 440 g/mol. The molecule has 0 bridgehead atoms. The highest BCUT2D eigenvalue weighted by atomic mass is 32.1. The van der Waals surface area contributed by atoms with Gasteiger partial charge in [-0.25, -0.2) is 0 Å². The quantitative estimate of drug-likeness (QED) is 0.600. The SMILES string of the molecule is Cc1ccccc1N(C(=O)c1csnn1)[C@H](C(=O)NC1CCCCC1)c1cccs1. The maximum atomic E-state index is 13.6. The van der Waals surface area contributed by atoms with Crippen molar-refractivity contribution in [1.29, 1.82) is 0 Å². The first-order chi connectivity index (χ1) is 14.6. The average Bonchev–Trinajstić information content (AvgIpc) is 3.47. The highest BCUT2D eigenvalue weighted by Crippen LogP contribution is 2.34. The molecular weight excluding hydrogens is 416 g/mol. The second-order valence-electron chi connectivity index (χ2n) is 7.51. The number of anilines is 1. The van der Waals surface area contributed by atoms with Gasteiger partial charge in [0, 0.05) is 22.0 Å². The van der Waals surface area contributed by atoms with E-state index in [9.17, 15) is 9.59 Å². The molecule has 1 fully saturated rings. The lowest BCUT2D eigenvalue weighted by atomic mass is 9.95. The van der Waals surface area contributed by atoms with E-state index < -0.39 is 6.04 Å².